The molecule has 2 aliphatic rings. The topological polar surface area (TPSA) is 75.8 Å². The predicted octanol–water partition coefficient (Wildman–Crippen LogP) is 2.90. The fraction of sp³-hybridized carbons (Fsp3) is 0.647. The van der Waals surface area contributed by atoms with Gasteiger partial charge in [-0.25, -0.2) is 0 Å². The van der Waals surface area contributed by atoms with Crippen LogP contribution in [0.4, 0.5) is 5.69 Å². The Morgan fingerprint density at radius 3 is 2.61 bits per heavy atom. The van der Waals surface area contributed by atoms with Crippen LogP contribution in [0.25, 0.3) is 0 Å². The van der Waals surface area contributed by atoms with Gasteiger partial charge in [0.25, 0.3) is 5.69 Å². The summed E-state index contributed by atoms with van der Waals surface area (Å²) in [5, 5.41) is 22.0. The van der Waals surface area contributed by atoms with Crippen LogP contribution in [0.3, 0.4) is 0 Å². The summed E-state index contributed by atoms with van der Waals surface area (Å²) in [5.74, 6) is 1.32. The fourth-order valence-electron chi connectivity index (χ4n) is 3.57. The lowest BCUT2D eigenvalue weighted by molar-refractivity contribution is -0.385. The number of ether oxygens (including phenoxy) is 1. The van der Waals surface area contributed by atoms with E-state index in [0.29, 0.717) is 11.7 Å². The number of hydrogen-bond acceptors (Lipinski definition) is 5. The Balaban J connectivity index is 2.02. The van der Waals surface area contributed by atoms with Gasteiger partial charge in [0.15, 0.2) is 0 Å². The number of aliphatic hydroxyl groups is 1. The van der Waals surface area contributed by atoms with Gasteiger partial charge in [-0.15, -0.1) is 0 Å². The molecule has 6 nitrogen and oxygen atoms in total. The summed E-state index contributed by atoms with van der Waals surface area (Å²) < 4.78 is 5.91. The highest BCUT2D eigenvalue weighted by Crippen LogP contribution is 2.45. The normalized spacial score (nSPS) is 28.0. The van der Waals surface area contributed by atoms with E-state index < -0.39 is 16.6 Å². The van der Waals surface area contributed by atoms with Crippen LogP contribution in [0.5, 0.6) is 5.75 Å². The highest BCUT2D eigenvalue weighted by molar-refractivity contribution is 5.48. The fourth-order valence-corrected chi connectivity index (χ4v) is 3.57. The monoisotopic (exact) mass is 320 g/mol. The minimum atomic E-state index is -0.731. The second kappa shape index (κ2) is 5.76. The Morgan fingerprint density at radius 2 is 2.00 bits per heavy atom. The maximum absolute atomic E-state index is 11.1. The van der Waals surface area contributed by atoms with E-state index in [-0.39, 0.29) is 11.7 Å². The summed E-state index contributed by atoms with van der Waals surface area (Å²) in [7, 11) is 0. The van der Waals surface area contributed by atoms with Gasteiger partial charge in [0.1, 0.15) is 17.5 Å². The smallest absolute Gasteiger partial charge is 0.270 e. The van der Waals surface area contributed by atoms with Crippen molar-refractivity contribution in [1.82, 2.24) is 4.90 Å². The number of rotatable bonds is 2. The third-order valence-electron chi connectivity index (χ3n) is 5.12. The summed E-state index contributed by atoms with van der Waals surface area (Å²) in [5.41, 5.74) is 0.0341. The van der Waals surface area contributed by atoms with Crippen LogP contribution in [0, 0.1) is 16.0 Å². The van der Waals surface area contributed by atoms with Gasteiger partial charge < -0.3 is 9.84 Å². The number of nitro groups is 1. The zero-order valence-corrected chi connectivity index (χ0v) is 13.9. The molecule has 126 valence electrons. The van der Waals surface area contributed by atoms with Gasteiger partial charge in [0, 0.05) is 17.7 Å². The van der Waals surface area contributed by atoms with E-state index in [1.807, 2.05) is 13.8 Å². The van der Waals surface area contributed by atoms with Crippen LogP contribution < -0.4 is 4.74 Å². The zero-order chi connectivity index (χ0) is 16.8. The number of non-ortho nitro benzene ring substituents is 1. The van der Waals surface area contributed by atoms with E-state index in [0.717, 1.165) is 31.5 Å². The van der Waals surface area contributed by atoms with E-state index >= 15 is 0 Å². The van der Waals surface area contributed by atoms with Gasteiger partial charge in [0.2, 0.25) is 0 Å². The molecule has 1 saturated heterocycles. The molecule has 0 bridgehead atoms. The molecule has 6 heteroatoms. The van der Waals surface area contributed by atoms with Gasteiger partial charge in [-0.2, -0.15) is 0 Å². The Labute approximate surface area is 136 Å². The lowest BCUT2D eigenvalue weighted by Crippen LogP contribution is -2.54. The first kappa shape index (κ1) is 16.2. The van der Waals surface area contributed by atoms with Crippen molar-refractivity contribution < 1.29 is 14.8 Å². The molecule has 2 aliphatic heterocycles. The number of aliphatic hydroxyl groups excluding tert-OH is 1. The molecule has 2 atom stereocenters. The molecule has 0 aliphatic carbocycles. The third-order valence-corrected chi connectivity index (χ3v) is 5.12. The Morgan fingerprint density at radius 1 is 1.35 bits per heavy atom. The predicted molar refractivity (Wildman–Crippen MR) is 86.5 cm³/mol. The molecule has 0 aromatic heterocycles. The molecule has 0 spiro atoms. The van der Waals surface area contributed by atoms with E-state index in [1.54, 1.807) is 12.1 Å². The van der Waals surface area contributed by atoms with Crippen LogP contribution in [0.15, 0.2) is 18.2 Å². The molecule has 1 aromatic rings. The highest BCUT2D eigenvalue weighted by Gasteiger charge is 2.46. The standard InChI is InChI=1S/C17H24N2O4/c1-11-6-8-18(9-7-11)15-13-10-12(19(21)22)4-5-14(13)23-17(2,3)16(15)20/h4-5,10-11,15-16,20H,6-9H2,1-3H3/t15-,16+/m0/s1. The molecular formula is C17H24N2O4. The largest absolute Gasteiger partial charge is 0.485 e. The van der Waals surface area contributed by atoms with Crippen LogP contribution in [0.1, 0.15) is 45.2 Å². The zero-order valence-electron chi connectivity index (χ0n) is 13.9. The first-order chi connectivity index (χ1) is 10.8. The molecule has 0 amide bonds. The molecule has 1 aromatic carbocycles. The Kier molecular flexibility index (Phi) is 4.06. The molecule has 1 fully saturated rings. The summed E-state index contributed by atoms with van der Waals surface area (Å²) in [6, 6.07) is 4.40. The maximum atomic E-state index is 11.1. The van der Waals surface area contributed by atoms with Crippen molar-refractivity contribution >= 4 is 5.69 Å². The van der Waals surface area contributed by atoms with Gasteiger partial charge in [-0.1, -0.05) is 6.92 Å². The van der Waals surface area contributed by atoms with Crippen molar-refractivity contribution in [3.05, 3.63) is 33.9 Å². The number of benzene rings is 1. The summed E-state index contributed by atoms with van der Waals surface area (Å²) in [6.07, 6.45) is 1.43. The van der Waals surface area contributed by atoms with Crippen LogP contribution in [0.2, 0.25) is 0 Å². The van der Waals surface area contributed by atoms with Crippen molar-refractivity contribution in [3.8, 4) is 5.75 Å². The average molecular weight is 320 g/mol. The number of hydrogen-bond donors (Lipinski definition) is 1. The average Bonchev–Trinajstić information content (AvgIpc) is 2.49. The van der Waals surface area contributed by atoms with Crippen molar-refractivity contribution in [2.24, 2.45) is 5.92 Å². The second-order valence-corrected chi connectivity index (χ2v) is 7.29. The van der Waals surface area contributed by atoms with Gasteiger partial charge in [-0.05, 0) is 51.8 Å². The molecule has 0 saturated carbocycles. The van der Waals surface area contributed by atoms with Crippen molar-refractivity contribution in [3.63, 3.8) is 0 Å². The van der Waals surface area contributed by atoms with Gasteiger partial charge in [0.05, 0.1) is 11.0 Å². The van der Waals surface area contributed by atoms with Crippen molar-refractivity contribution in [2.75, 3.05) is 13.1 Å². The molecule has 3 rings (SSSR count). The molecule has 23 heavy (non-hydrogen) atoms. The van der Waals surface area contributed by atoms with Gasteiger partial charge >= 0.3 is 0 Å². The van der Waals surface area contributed by atoms with Gasteiger partial charge in [-0.3, -0.25) is 15.0 Å². The second-order valence-electron chi connectivity index (χ2n) is 7.29. The van der Waals surface area contributed by atoms with Crippen LogP contribution >= 0.6 is 0 Å². The highest BCUT2D eigenvalue weighted by atomic mass is 16.6. The minimum Gasteiger partial charge on any atom is -0.485 e. The maximum Gasteiger partial charge on any atom is 0.270 e. The van der Waals surface area contributed by atoms with Crippen molar-refractivity contribution in [1.29, 1.82) is 0 Å². The van der Waals surface area contributed by atoms with Crippen LogP contribution in [-0.4, -0.2) is 39.7 Å². The Hall–Kier alpha value is -1.66. The molecule has 0 radical (unpaired) electrons. The number of piperidine rings is 1. The lowest BCUT2D eigenvalue weighted by atomic mass is 9.84. The molecule has 0 unspecified atom stereocenters. The van der Waals surface area contributed by atoms with Crippen molar-refractivity contribution in [2.45, 2.75) is 51.4 Å². The Bertz CT molecular complexity index is 609. The summed E-state index contributed by atoms with van der Waals surface area (Å²) in [6.45, 7) is 7.74. The number of nitrogens with zero attached hydrogens (tertiary/aromatic N) is 2. The first-order valence-electron chi connectivity index (χ1n) is 8.19. The molecular weight excluding hydrogens is 296 g/mol. The minimum absolute atomic E-state index is 0.0367. The summed E-state index contributed by atoms with van der Waals surface area (Å²) in [4.78, 5) is 13.0. The first-order valence-corrected chi connectivity index (χ1v) is 8.19. The third kappa shape index (κ3) is 2.93. The number of nitro benzene ring substituents is 1. The molecule has 2 heterocycles. The SMILES string of the molecule is CC1CCN([C@H]2c3cc([N+](=O)[O-])ccc3OC(C)(C)[C@@H]2O)CC1. The lowest BCUT2D eigenvalue weighted by Gasteiger charge is -2.47. The van der Waals surface area contributed by atoms with Crippen LogP contribution in [-0.2, 0) is 0 Å². The number of likely N-dealkylation sites (tertiary alicyclic amines) is 1. The van der Waals surface area contributed by atoms with E-state index in [1.165, 1.54) is 6.07 Å². The van der Waals surface area contributed by atoms with E-state index in [4.69, 9.17) is 4.74 Å². The quantitative estimate of drug-likeness (QED) is 0.670. The number of fused-ring (bicyclic) bond motifs is 1. The summed E-state index contributed by atoms with van der Waals surface area (Å²) >= 11 is 0. The molecule has 1 N–H and O–H groups in total. The van der Waals surface area contributed by atoms with E-state index in [9.17, 15) is 15.2 Å². The van der Waals surface area contributed by atoms with E-state index in [2.05, 4.69) is 11.8 Å².